The van der Waals surface area contributed by atoms with Crippen LogP contribution in [0.5, 0.6) is 11.5 Å². The Morgan fingerprint density at radius 3 is 2.60 bits per heavy atom. The van der Waals surface area contributed by atoms with Crippen molar-refractivity contribution in [2.75, 3.05) is 6.61 Å². The van der Waals surface area contributed by atoms with E-state index < -0.39 is 5.97 Å². The highest BCUT2D eigenvalue weighted by atomic mass is 16.5. The molecule has 0 amide bonds. The van der Waals surface area contributed by atoms with E-state index in [-0.39, 0.29) is 18.2 Å². The molecule has 0 bridgehead atoms. The van der Waals surface area contributed by atoms with Gasteiger partial charge in [-0.3, -0.25) is 0 Å². The predicted molar refractivity (Wildman–Crippen MR) is 89.9 cm³/mol. The zero-order valence-corrected chi connectivity index (χ0v) is 13.0. The molecule has 25 heavy (non-hydrogen) atoms. The number of carbonyl (C=O) groups is 1. The van der Waals surface area contributed by atoms with Gasteiger partial charge in [0.2, 0.25) is 0 Å². The van der Waals surface area contributed by atoms with Crippen molar-refractivity contribution in [1.29, 1.82) is 0 Å². The average molecular weight is 338 g/mol. The molecule has 0 atom stereocenters. The van der Waals surface area contributed by atoms with Crippen molar-refractivity contribution >= 4 is 18.1 Å². The summed E-state index contributed by atoms with van der Waals surface area (Å²) in [4.78, 5) is 14.7. The molecule has 1 aromatic heterocycles. The van der Waals surface area contributed by atoms with Crippen LogP contribution in [0.25, 0.3) is 23.6 Å². The summed E-state index contributed by atoms with van der Waals surface area (Å²) in [5.74, 6) is 0.112. The largest absolute Gasteiger partial charge is 0.507 e. The molecule has 0 unspecified atom stereocenters. The van der Waals surface area contributed by atoms with Gasteiger partial charge in [-0.25, -0.2) is 4.79 Å². The maximum Gasteiger partial charge on any atom is 0.341 e. The van der Waals surface area contributed by atoms with Crippen LogP contribution in [0.3, 0.4) is 0 Å². The van der Waals surface area contributed by atoms with Crippen molar-refractivity contribution in [2.45, 2.75) is 0 Å². The number of phenols is 1. The fourth-order valence-electron chi connectivity index (χ4n) is 2.06. The standard InChI is InChI=1S/C18H14N2O5/c21-15-4-2-1-3-14(15)18-19-16(20-25-18)10-7-12-5-8-13(9-6-12)24-11-17(22)23/h1-10,21H,11H2,(H,22,23). The molecule has 1 heterocycles. The first kappa shape index (κ1) is 16.3. The monoisotopic (exact) mass is 338 g/mol. The third-order valence-electron chi connectivity index (χ3n) is 3.24. The second-order valence-corrected chi connectivity index (χ2v) is 5.06. The minimum Gasteiger partial charge on any atom is -0.507 e. The Kier molecular flexibility index (Phi) is 4.75. The Bertz CT molecular complexity index is 900. The van der Waals surface area contributed by atoms with E-state index in [1.807, 2.05) is 0 Å². The maximum atomic E-state index is 10.4. The molecular formula is C18H14N2O5. The van der Waals surface area contributed by atoms with Crippen LogP contribution < -0.4 is 4.74 Å². The molecule has 7 nitrogen and oxygen atoms in total. The van der Waals surface area contributed by atoms with E-state index in [1.165, 1.54) is 0 Å². The highest BCUT2D eigenvalue weighted by Crippen LogP contribution is 2.27. The van der Waals surface area contributed by atoms with Crippen LogP contribution in [0.4, 0.5) is 0 Å². The van der Waals surface area contributed by atoms with Gasteiger partial charge in [0.1, 0.15) is 11.5 Å². The Morgan fingerprint density at radius 1 is 1.12 bits per heavy atom. The molecule has 7 heteroatoms. The van der Waals surface area contributed by atoms with Crippen molar-refractivity contribution < 1.29 is 24.3 Å². The van der Waals surface area contributed by atoms with Crippen LogP contribution in [0.2, 0.25) is 0 Å². The number of aliphatic carboxylic acids is 1. The third kappa shape index (κ3) is 4.23. The van der Waals surface area contributed by atoms with Gasteiger partial charge < -0.3 is 19.5 Å². The summed E-state index contributed by atoms with van der Waals surface area (Å²) in [6, 6.07) is 13.6. The number of para-hydroxylation sites is 1. The number of rotatable bonds is 6. The van der Waals surface area contributed by atoms with Crippen molar-refractivity contribution in [1.82, 2.24) is 10.1 Å². The molecule has 3 rings (SSSR count). The second kappa shape index (κ2) is 7.31. The van der Waals surface area contributed by atoms with Gasteiger partial charge in [0.15, 0.2) is 12.4 Å². The van der Waals surface area contributed by atoms with E-state index in [0.717, 1.165) is 5.56 Å². The van der Waals surface area contributed by atoms with Gasteiger partial charge in [0.05, 0.1) is 5.56 Å². The van der Waals surface area contributed by atoms with Crippen LogP contribution in [0.1, 0.15) is 11.4 Å². The molecule has 0 saturated carbocycles. The quantitative estimate of drug-likeness (QED) is 0.711. The van der Waals surface area contributed by atoms with E-state index >= 15 is 0 Å². The van der Waals surface area contributed by atoms with E-state index in [0.29, 0.717) is 17.1 Å². The van der Waals surface area contributed by atoms with E-state index in [4.69, 9.17) is 14.4 Å². The number of aromatic hydroxyl groups is 1. The highest BCUT2D eigenvalue weighted by molar-refractivity contribution is 5.69. The van der Waals surface area contributed by atoms with Crippen molar-refractivity contribution in [3.05, 3.63) is 59.9 Å². The van der Waals surface area contributed by atoms with Crippen molar-refractivity contribution in [3.63, 3.8) is 0 Å². The van der Waals surface area contributed by atoms with Crippen molar-refractivity contribution in [2.24, 2.45) is 0 Å². The fraction of sp³-hybridized carbons (Fsp3) is 0.0556. The van der Waals surface area contributed by atoms with Gasteiger partial charge in [0.25, 0.3) is 5.89 Å². The number of phenolic OH excluding ortho intramolecular Hbond substituents is 1. The van der Waals surface area contributed by atoms with Crippen LogP contribution in [0, 0.1) is 0 Å². The number of ether oxygens (including phenoxy) is 1. The molecule has 2 aromatic carbocycles. The van der Waals surface area contributed by atoms with Gasteiger partial charge in [-0.2, -0.15) is 4.98 Å². The smallest absolute Gasteiger partial charge is 0.341 e. The first-order chi connectivity index (χ1) is 12.1. The number of hydrogen-bond donors (Lipinski definition) is 2. The SMILES string of the molecule is O=C(O)COc1ccc(C=Cc2noc(-c3ccccc3O)n2)cc1. The van der Waals surface area contributed by atoms with Gasteiger partial charge in [-0.1, -0.05) is 35.5 Å². The summed E-state index contributed by atoms with van der Waals surface area (Å²) in [7, 11) is 0. The number of benzene rings is 2. The lowest BCUT2D eigenvalue weighted by Crippen LogP contribution is -2.09. The first-order valence-electron chi connectivity index (χ1n) is 7.36. The normalized spacial score (nSPS) is 10.9. The summed E-state index contributed by atoms with van der Waals surface area (Å²) in [5, 5.41) is 22.2. The number of hydrogen-bond acceptors (Lipinski definition) is 6. The fourth-order valence-corrected chi connectivity index (χ4v) is 2.06. The van der Waals surface area contributed by atoms with Gasteiger partial charge in [0, 0.05) is 0 Å². The lowest BCUT2D eigenvalue weighted by Gasteiger charge is -2.02. The number of carboxylic acid groups (broad SMARTS) is 1. The third-order valence-corrected chi connectivity index (χ3v) is 3.24. The molecule has 2 N–H and O–H groups in total. The summed E-state index contributed by atoms with van der Waals surface area (Å²) in [6.45, 7) is -0.382. The van der Waals surface area contributed by atoms with E-state index in [9.17, 15) is 9.90 Å². The molecule has 126 valence electrons. The summed E-state index contributed by atoms with van der Waals surface area (Å²) >= 11 is 0. The molecule has 0 fully saturated rings. The number of carboxylic acids is 1. The zero-order valence-electron chi connectivity index (χ0n) is 13.0. The molecular weight excluding hydrogens is 324 g/mol. The Morgan fingerprint density at radius 2 is 1.88 bits per heavy atom. The molecule has 0 aliphatic carbocycles. The predicted octanol–water partition coefficient (Wildman–Crippen LogP) is 3.08. The Hall–Kier alpha value is -3.61. The van der Waals surface area contributed by atoms with Gasteiger partial charge >= 0.3 is 5.97 Å². The Balaban J connectivity index is 1.68. The molecule has 0 saturated heterocycles. The zero-order chi connectivity index (χ0) is 17.6. The lowest BCUT2D eigenvalue weighted by atomic mass is 10.2. The minimum absolute atomic E-state index is 0.0682. The highest BCUT2D eigenvalue weighted by Gasteiger charge is 2.10. The molecule has 0 radical (unpaired) electrons. The molecule has 0 aliphatic heterocycles. The molecule has 3 aromatic rings. The van der Waals surface area contributed by atoms with Gasteiger partial charge in [-0.05, 0) is 35.9 Å². The second-order valence-electron chi connectivity index (χ2n) is 5.06. The van der Waals surface area contributed by atoms with Crippen LogP contribution in [-0.2, 0) is 4.79 Å². The molecule has 0 aliphatic rings. The van der Waals surface area contributed by atoms with Crippen molar-refractivity contribution in [3.8, 4) is 23.0 Å². The summed E-state index contributed by atoms with van der Waals surface area (Å²) < 4.78 is 10.2. The van der Waals surface area contributed by atoms with Crippen LogP contribution >= 0.6 is 0 Å². The number of nitrogens with zero attached hydrogens (tertiary/aromatic N) is 2. The van der Waals surface area contributed by atoms with Crippen LogP contribution in [-0.4, -0.2) is 32.9 Å². The van der Waals surface area contributed by atoms with E-state index in [2.05, 4.69) is 10.1 Å². The van der Waals surface area contributed by atoms with Crippen LogP contribution in [0.15, 0.2) is 53.1 Å². The van der Waals surface area contributed by atoms with Gasteiger partial charge in [-0.15, -0.1) is 0 Å². The Labute approximate surface area is 142 Å². The summed E-state index contributed by atoms with van der Waals surface area (Å²) in [6.07, 6.45) is 3.44. The topological polar surface area (TPSA) is 106 Å². The van der Waals surface area contributed by atoms with E-state index in [1.54, 1.807) is 60.7 Å². The lowest BCUT2D eigenvalue weighted by molar-refractivity contribution is -0.139. The first-order valence-corrected chi connectivity index (χ1v) is 7.36. The maximum absolute atomic E-state index is 10.4. The minimum atomic E-state index is -1.03. The average Bonchev–Trinajstić information content (AvgIpc) is 3.08. The molecule has 0 spiro atoms. The summed E-state index contributed by atoms with van der Waals surface area (Å²) in [5.41, 5.74) is 1.33. The number of aromatic nitrogens is 2.